The monoisotopic (exact) mass is 281 g/mol. The maximum atomic E-state index is 12.3. The largest absolute Gasteiger partial charge is 0.497 e. The van der Waals surface area contributed by atoms with E-state index in [1.807, 2.05) is 43.4 Å². The third kappa shape index (κ3) is 2.38. The third-order valence-electron chi connectivity index (χ3n) is 3.44. The molecule has 1 atom stereocenters. The number of fused-ring (bicyclic) bond motifs is 1. The van der Waals surface area contributed by atoms with E-state index in [9.17, 15) is 4.79 Å². The fraction of sp³-hybridized carbons (Fsp3) is 0.188. The van der Waals surface area contributed by atoms with Gasteiger partial charge in [-0.1, -0.05) is 12.1 Å². The molecule has 0 bridgehead atoms. The summed E-state index contributed by atoms with van der Waals surface area (Å²) in [6.45, 7) is 0. The number of nitrogens with zero attached hydrogens (tertiary/aromatic N) is 2. The minimum absolute atomic E-state index is 0.265. The van der Waals surface area contributed by atoms with E-state index >= 15 is 0 Å². The number of rotatable bonds is 3. The molecule has 21 heavy (non-hydrogen) atoms. The number of hydrogen-bond donors (Lipinski definition) is 1. The second kappa shape index (κ2) is 5.36. The smallest absolute Gasteiger partial charge is 0.275 e. The van der Waals surface area contributed by atoms with E-state index in [0.29, 0.717) is 11.1 Å². The molecule has 2 aromatic carbocycles. The average Bonchev–Trinajstić information content (AvgIpc) is 2.53. The molecule has 0 saturated carbocycles. The van der Waals surface area contributed by atoms with Gasteiger partial charge in [-0.05, 0) is 30.3 Å². The first-order chi connectivity index (χ1) is 10.2. The van der Waals surface area contributed by atoms with E-state index in [2.05, 4.69) is 15.3 Å². The molecule has 1 N–H and O–H groups in total. The van der Waals surface area contributed by atoms with Crippen LogP contribution in [0.25, 0.3) is 0 Å². The molecule has 1 aliphatic heterocycles. The number of amides is 1. The van der Waals surface area contributed by atoms with Crippen molar-refractivity contribution in [1.29, 1.82) is 0 Å². The van der Waals surface area contributed by atoms with Gasteiger partial charge in [-0.15, -0.1) is 0 Å². The van der Waals surface area contributed by atoms with Crippen LogP contribution in [0, 0.1) is 0 Å². The van der Waals surface area contributed by atoms with Crippen LogP contribution in [-0.4, -0.2) is 20.1 Å². The van der Waals surface area contributed by atoms with Crippen molar-refractivity contribution in [3.05, 3.63) is 58.7 Å². The predicted molar refractivity (Wildman–Crippen MR) is 79.0 cm³/mol. The number of methoxy groups -OCH3 is 1. The number of ether oxygens (including phenoxy) is 1. The lowest BCUT2D eigenvalue weighted by molar-refractivity contribution is -0.119. The summed E-state index contributed by atoms with van der Waals surface area (Å²) in [6.07, 6.45) is 0. The van der Waals surface area contributed by atoms with E-state index in [0.717, 1.165) is 16.6 Å². The van der Waals surface area contributed by atoms with Gasteiger partial charge in [0.1, 0.15) is 5.75 Å². The van der Waals surface area contributed by atoms with Crippen molar-refractivity contribution in [3.63, 3.8) is 0 Å². The molecule has 0 fully saturated rings. The Morgan fingerprint density at radius 3 is 2.62 bits per heavy atom. The van der Waals surface area contributed by atoms with Crippen LogP contribution in [0.2, 0.25) is 0 Å². The zero-order valence-corrected chi connectivity index (χ0v) is 11.8. The third-order valence-corrected chi connectivity index (χ3v) is 3.44. The summed E-state index contributed by atoms with van der Waals surface area (Å²) < 4.78 is 5.24. The highest BCUT2D eigenvalue weighted by Gasteiger charge is 2.24. The van der Waals surface area contributed by atoms with Gasteiger partial charge in [0.05, 0.1) is 17.8 Å². The number of nitrogens with one attached hydrogen (secondary N) is 1. The Morgan fingerprint density at radius 1 is 1.14 bits per heavy atom. The number of hydrogen-bond acceptors (Lipinski definition) is 4. The number of carbonyl (C=O) groups excluding carboxylic acids is 1. The molecule has 0 aromatic heterocycles. The average molecular weight is 281 g/mol. The van der Waals surface area contributed by atoms with Crippen molar-refractivity contribution >= 4 is 11.6 Å². The summed E-state index contributed by atoms with van der Waals surface area (Å²) in [5.74, 6) is 0.421. The molecular weight excluding hydrogens is 266 g/mol. The maximum Gasteiger partial charge on any atom is 0.275 e. The number of anilines is 1. The molecule has 1 unspecified atom stereocenters. The summed E-state index contributed by atoms with van der Waals surface area (Å²) in [6, 6.07) is 12.3. The number of benzene rings is 2. The minimum Gasteiger partial charge on any atom is -0.497 e. The van der Waals surface area contributed by atoms with Gasteiger partial charge in [-0.2, -0.15) is 0 Å². The molecule has 0 aliphatic carbocycles. The zero-order valence-electron chi connectivity index (χ0n) is 11.8. The normalized spacial score (nSPS) is 16.5. The van der Waals surface area contributed by atoms with Gasteiger partial charge in [0, 0.05) is 18.3 Å². The first kappa shape index (κ1) is 13.3. The Hall–Kier alpha value is -2.69. The molecule has 1 amide bonds. The molecule has 106 valence electrons. The Labute approximate surface area is 122 Å². The van der Waals surface area contributed by atoms with Crippen molar-refractivity contribution in [2.45, 2.75) is 6.04 Å². The summed E-state index contributed by atoms with van der Waals surface area (Å²) in [4.78, 5) is 21.0. The highest BCUT2D eigenvalue weighted by molar-refractivity contribution is 5.86. The molecule has 3 rings (SSSR count). The second-order valence-corrected chi connectivity index (χ2v) is 4.67. The van der Waals surface area contributed by atoms with E-state index in [1.54, 1.807) is 13.2 Å². The van der Waals surface area contributed by atoms with Gasteiger partial charge in [0.2, 0.25) is 0 Å². The summed E-state index contributed by atoms with van der Waals surface area (Å²) in [5, 5.41) is 4.43. The number of carbonyl (C=O) groups is 1. The molecule has 1 heterocycles. The van der Waals surface area contributed by atoms with Gasteiger partial charge in [-0.25, -0.2) is 4.99 Å². The van der Waals surface area contributed by atoms with Crippen molar-refractivity contribution in [3.8, 4) is 5.75 Å². The SMILES string of the molecule is CNc1ccc(OC)cc1C1N=c2ccccc2=NC1=O. The van der Waals surface area contributed by atoms with Crippen LogP contribution in [-0.2, 0) is 4.79 Å². The minimum atomic E-state index is -0.641. The fourth-order valence-electron chi connectivity index (χ4n) is 2.37. The molecule has 5 heteroatoms. The van der Waals surface area contributed by atoms with Gasteiger partial charge in [0.25, 0.3) is 5.91 Å². The van der Waals surface area contributed by atoms with Crippen molar-refractivity contribution in [2.75, 3.05) is 19.5 Å². The fourth-order valence-corrected chi connectivity index (χ4v) is 2.37. The summed E-state index contributed by atoms with van der Waals surface area (Å²) in [5.41, 5.74) is 1.60. The van der Waals surface area contributed by atoms with E-state index in [4.69, 9.17) is 4.74 Å². The zero-order chi connectivity index (χ0) is 14.8. The topological polar surface area (TPSA) is 63.0 Å². The van der Waals surface area contributed by atoms with Crippen LogP contribution in [0.3, 0.4) is 0 Å². The van der Waals surface area contributed by atoms with Crippen LogP contribution < -0.4 is 20.8 Å². The maximum absolute atomic E-state index is 12.3. The molecule has 2 aromatic rings. The molecule has 0 saturated heterocycles. The molecule has 0 spiro atoms. The van der Waals surface area contributed by atoms with Crippen LogP contribution in [0.5, 0.6) is 5.75 Å². The van der Waals surface area contributed by atoms with E-state index < -0.39 is 6.04 Å². The summed E-state index contributed by atoms with van der Waals surface area (Å²) in [7, 11) is 3.40. The van der Waals surface area contributed by atoms with Crippen LogP contribution in [0.15, 0.2) is 52.4 Å². The van der Waals surface area contributed by atoms with Crippen LogP contribution >= 0.6 is 0 Å². The highest BCUT2D eigenvalue weighted by Crippen LogP contribution is 2.30. The highest BCUT2D eigenvalue weighted by atomic mass is 16.5. The van der Waals surface area contributed by atoms with Gasteiger partial charge < -0.3 is 10.1 Å². The quantitative estimate of drug-likeness (QED) is 0.921. The lowest BCUT2D eigenvalue weighted by atomic mass is 10.0. The molecular formula is C16H15N3O2. The van der Waals surface area contributed by atoms with Crippen LogP contribution in [0.4, 0.5) is 5.69 Å². The van der Waals surface area contributed by atoms with Crippen molar-refractivity contribution in [2.24, 2.45) is 9.98 Å². The van der Waals surface area contributed by atoms with Gasteiger partial charge in [-0.3, -0.25) is 9.79 Å². The Kier molecular flexibility index (Phi) is 3.39. The van der Waals surface area contributed by atoms with Crippen LogP contribution in [0.1, 0.15) is 11.6 Å². The first-order valence-corrected chi connectivity index (χ1v) is 6.64. The first-order valence-electron chi connectivity index (χ1n) is 6.64. The standard InChI is InChI=1S/C16H15N3O2/c1-17-12-8-7-10(21-2)9-11(12)15-16(20)19-14-6-4-3-5-13(14)18-15/h3-9,15,17H,1-2H3. The Balaban J connectivity index is 2.17. The van der Waals surface area contributed by atoms with Gasteiger partial charge in [0.15, 0.2) is 6.04 Å². The van der Waals surface area contributed by atoms with Gasteiger partial charge >= 0.3 is 0 Å². The molecule has 5 nitrogen and oxygen atoms in total. The van der Waals surface area contributed by atoms with E-state index in [1.165, 1.54) is 0 Å². The molecule has 0 radical (unpaired) electrons. The van der Waals surface area contributed by atoms with E-state index in [-0.39, 0.29) is 5.91 Å². The Morgan fingerprint density at radius 2 is 1.90 bits per heavy atom. The summed E-state index contributed by atoms with van der Waals surface area (Å²) >= 11 is 0. The predicted octanol–water partition coefficient (Wildman–Crippen LogP) is 1.26. The molecule has 1 aliphatic rings. The second-order valence-electron chi connectivity index (χ2n) is 4.67. The lowest BCUT2D eigenvalue weighted by Gasteiger charge is -2.17. The van der Waals surface area contributed by atoms with Crippen molar-refractivity contribution in [1.82, 2.24) is 0 Å². The lowest BCUT2D eigenvalue weighted by Crippen LogP contribution is -2.33. The Bertz CT molecular complexity index is 815. The number of para-hydroxylation sites is 2. The van der Waals surface area contributed by atoms with Crippen molar-refractivity contribution < 1.29 is 9.53 Å².